The number of hydrogen-bond acceptors (Lipinski definition) is 3. The van der Waals surface area contributed by atoms with E-state index in [2.05, 4.69) is 9.62 Å². The van der Waals surface area contributed by atoms with Gasteiger partial charge in [-0.3, -0.25) is 9.52 Å². The first-order chi connectivity index (χ1) is 10.7. The molecule has 1 N–H and O–H groups in total. The lowest BCUT2D eigenvalue weighted by molar-refractivity contribution is -0.119. The van der Waals surface area contributed by atoms with Crippen LogP contribution in [0.15, 0.2) is 0 Å². The van der Waals surface area contributed by atoms with Crippen LogP contribution < -0.4 is 4.72 Å². The summed E-state index contributed by atoms with van der Waals surface area (Å²) in [6, 6.07) is 1.19. The molecule has 2 saturated carbocycles. The van der Waals surface area contributed by atoms with Crippen molar-refractivity contribution in [2.45, 2.75) is 96.1 Å². The third-order valence-electron chi connectivity index (χ3n) is 4.88. The molecule has 22 heavy (non-hydrogen) atoms. The van der Waals surface area contributed by atoms with Gasteiger partial charge in [0.05, 0.1) is 0 Å². The van der Waals surface area contributed by atoms with Gasteiger partial charge in [0.2, 0.25) is 5.91 Å². The Hall–Kier alpha value is -0.290. The Morgan fingerprint density at radius 3 is 2.00 bits per heavy atom. The summed E-state index contributed by atoms with van der Waals surface area (Å²) in [6.07, 6.45) is 14.5. The van der Waals surface area contributed by atoms with Crippen molar-refractivity contribution in [1.82, 2.24) is 9.62 Å². The first-order valence-corrected chi connectivity index (χ1v) is 10.2. The van der Waals surface area contributed by atoms with Crippen molar-refractivity contribution in [3.63, 3.8) is 0 Å². The average Bonchev–Trinajstić information content (AvgIpc) is 2.55. The maximum atomic E-state index is 11.7. The molecule has 0 aromatic rings. The number of rotatable bonds is 4. The van der Waals surface area contributed by atoms with Crippen LogP contribution in [-0.2, 0) is 4.79 Å². The molecular formula is C17H30N2OS2. The fourth-order valence-corrected chi connectivity index (χ4v) is 4.88. The van der Waals surface area contributed by atoms with Crippen LogP contribution in [-0.4, -0.2) is 27.2 Å². The van der Waals surface area contributed by atoms with E-state index in [-0.39, 0.29) is 5.91 Å². The molecule has 0 heterocycles. The monoisotopic (exact) mass is 342 g/mol. The van der Waals surface area contributed by atoms with Crippen molar-refractivity contribution in [2.24, 2.45) is 0 Å². The fourth-order valence-electron chi connectivity index (χ4n) is 3.75. The van der Waals surface area contributed by atoms with E-state index in [9.17, 15) is 4.79 Å². The van der Waals surface area contributed by atoms with Gasteiger partial charge < -0.3 is 4.90 Å². The Kier molecular flexibility index (Phi) is 8.01. The highest BCUT2D eigenvalue weighted by Gasteiger charge is 2.30. The second kappa shape index (κ2) is 9.76. The van der Waals surface area contributed by atoms with E-state index in [1.165, 1.54) is 76.2 Å². The normalized spacial score (nSPS) is 20.6. The van der Waals surface area contributed by atoms with Gasteiger partial charge in [-0.15, -0.1) is 0 Å². The van der Waals surface area contributed by atoms with Crippen LogP contribution in [0.2, 0.25) is 0 Å². The van der Waals surface area contributed by atoms with Crippen LogP contribution in [0.5, 0.6) is 0 Å². The molecule has 2 rings (SSSR count). The number of nitrogens with zero attached hydrogens (tertiary/aromatic N) is 1. The van der Waals surface area contributed by atoms with E-state index in [0.29, 0.717) is 18.5 Å². The van der Waals surface area contributed by atoms with Crippen LogP contribution in [0.4, 0.5) is 0 Å². The third-order valence-corrected chi connectivity index (χ3v) is 6.05. The summed E-state index contributed by atoms with van der Waals surface area (Å²) < 4.78 is 3.83. The van der Waals surface area contributed by atoms with E-state index in [0.717, 1.165) is 10.7 Å². The zero-order valence-corrected chi connectivity index (χ0v) is 15.4. The molecule has 3 nitrogen and oxygen atoms in total. The lowest BCUT2D eigenvalue weighted by atomic mass is 9.89. The molecule has 2 fully saturated rings. The van der Waals surface area contributed by atoms with Gasteiger partial charge >= 0.3 is 0 Å². The molecular weight excluding hydrogens is 312 g/mol. The first kappa shape index (κ1) is 18.1. The van der Waals surface area contributed by atoms with Gasteiger partial charge in [-0.2, -0.15) is 0 Å². The van der Waals surface area contributed by atoms with Crippen molar-refractivity contribution < 1.29 is 4.79 Å². The summed E-state index contributed by atoms with van der Waals surface area (Å²) in [4.78, 5) is 14.2. The summed E-state index contributed by atoms with van der Waals surface area (Å²) in [5.74, 6) is 0.0992. The Morgan fingerprint density at radius 1 is 1.05 bits per heavy atom. The number of amides is 1. The predicted octanol–water partition coefficient (Wildman–Crippen LogP) is 4.80. The quantitative estimate of drug-likeness (QED) is 0.587. The van der Waals surface area contributed by atoms with Gasteiger partial charge in [0.15, 0.2) is 4.32 Å². The van der Waals surface area contributed by atoms with Crippen LogP contribution in [0.25, 0.3) is 0 Å². The minimum Gasteiger partial charge on any atom is -0.350 e. The molecule has 0 aromatic carbocycles. The van der Waals surface area contributed by atoms with E-state index >= 15 is 0 Å². The maximum Gasteiger partial charge on any atom is 0.230 e. The SMILES string of the molecule is CCCC(=O)NSC(=S)N(C1CCCCC1)C1CCCCC1. The van der Waals surface area contributed by atoms with Crippen molar-refractivity contribution in [1.29, 1.82) is 0 Å². The second-order valence-corrected chi connectivity index (χ2v) is 8.07. The lowest BCUT2D eigenvalue weighted by Gasteiger charge is -2.43. The second-order valence-electron chi connectivity index (χ2n) is 6.63. The van der Waals surface area contributed by atoms with Crippen molar-refractivity contribution in [2.75, 3.05) is 0 Å². The van der Waals surface area contributed by atoms with Gasteiger partial charge in [-0.05, 0) is 32.1 Å². The maximum absolute atomic E-state index is 11.7. The van der Waals surface area contributed by atoms with Gasteiger partial charge in [-0.25, -0.2) is 0 Å². The standard InChI is InChI=1S/C17H30N2OS2/c1-2-9-16(20)18-22-17(21)19(14-10-5-3-6-11-14)15-12-7-4-8-13-15/h14-15H,2-13H2,1H3,(H,18,20). The summed E-state index contributed by atoms with van der Waals surface area (Å²) in [7, 11) is 0. The lowest BCUT2D eigenvalue weighted by Crippen LogP contribution is -2.47. The summed E-state index contributed by atoms with van der Waals surface area (Å²) in [6.45, 7) is 2.03. The highest BCUT2D eigenvalue weighted by atomic mass is 32.2. The first-order valence-electron chi connectivity index (χ1n) is 9.00. The Labute approximate surface area is 145 Å². The van der Waals surface area contributed by atoms with E-state index in [1.807, 2.05) is 6.92 Å². The smallest absolute Gasteiger partial charge is 0.230 e. The minimum atomic E-state index is 0.0992. The molecule has 0 unspecified atom stereocenters. The van der Waals surface area contributed by atoms with Gasteiger partial charge in [-0.1, -0.05) is 57.7 Å². The van der Waals surface area contributed by atoms with Gasteiger partial charge in [0.25, 0.3) is 0 Å². The summed E-state index contributed by atoms with van der Waals surface area (Å²) >= 11 is 7.09. The highest BCUT2D eigenvalue weighted by molar-refractivity contribution is 8.21. The zero-order chi connectivity index (χ0) is 15.8. The molecule has 0 spiro atoms. The fraction of sp³-hybridized carbons (Fsp3) is 0.882. The Balaban J connectivity index is 1.95. The molecule has 0 radical (unpaired) electrons. The molecule has 1 amide bonds. The Bertz CT molecular complexity index is 346. The number of nitrogens with one attached hydrogen (secondary N) is 1. The molecule has 0 saturated heterocycles. The van der Waals surface area contributed by atoms with E-state index < -0.39 is 0 Å². The topological polar surface area (TPSA) is 32.3 Å². The molecule has 0 aromatic heterocycles. The van der Waals surface area contributed by atoms with Crippen LogP contribution >= 0.6 is 24.2 Å². The number of carbonyl (C=O) groups is 1. The minimum absolute atomic E-state index is 0.0992. The largest absolute Gasteiger partial charge is 0.350 e. The molecule has 2 aliphatic carbocycles. The molecule has 0 bridgehead atoms. The van der Waals surface area contributed by atoms with Crippen LogP contribution in [0, 0.1) is 0 Å². The number of carbonyl (C=O) groups excluding carboxylic acids is 1. The zero-order valence-electron chi connectivity index (χ0n) is 13.8. The molecule has 5 heteroatoms. The molecule has 2 aliphatic rings. The van der Waals surface area contributed by atoms with E-state index in [4.69, 9.17) is 12.2 Å². The van der Waals surface area contributed by atoms with Crippen molar-refractivity contribution in [3.8, 4) is 0 Å². The predicted molar refractivity (Wildman–Crippen MR) is 98.8 cm³/mol. The van der Waals surface area contributed by atoms with Crippen LogP contribution in [0.3, 0.4) is 0 Å². The summed E-state index contributed by atoms with van der Waals surface area (Å²) in [5, 5.41) is 0. The van der Waals surface area contributed by atoms with Crippen LogP contribution in [0.1, 0.15) is 84.0 Å². The van der Waals surface area contributed by atoms with Gasteiger partial charge in [0.1, 0.15) is 0 Å². The average molecular weight is 343 g/mol. The molecule has 0 atom stereocenters. The molecule has 0 aliphatic heterocycles. The van der Waals surface area contributed by atoms with Crippen molar-refractivity contribution >= 4 is 34.4 Å². The molecule has 126 valence electrons. The van der Waals surface area contributed by atoms with Crippen molar-refractivity contribution in [3.05, 3.63) is 0 Å². The number of hydrogen-bond donors (Lipinski definition) is 1. The highest BCUT2D eigenvalue weighted by Crippen LogP contribution is 2.32. The third kappa shape index (κ3) is 5.41. The summed E-state index contributed by atoms with van der Waals surface area (Å²) in [5.41, 5.74) is 0. The number of thiocarbonyl (C=S) groups is 1. The van der Waals surface area contributed by atoms with E-state index in [1.54, 1.807) is 0 Å². The van der Waals surface area contributed by atoms with Gasteiger partial charge in [0, 0.05) is 30.5 Å². The Morgan fingerprint density at radius 2 is 1.55 bits per heavy atom.